The Kier molecular flexibility index (Phi) is 9.74. The smallest absolute Gasteiger partial charge is 0.191 e. The second kappa shape index (κ2) is 10.2. The van der Waals surface area contributed by atoms with Crippen molar-refractivity contribution in [2.75, 3.05) is 26.3 Å². The molecule has 4 heteroatoms. The van der Waals surface area contributed by atoms with Crippen molar-refractivity contribution in [1.29, 1.82) is 0 Å². The molecule has 0 rings (SSSR count). The van der Waals surface area contributed by atoms with Crippen LogP contribution in [0.5, 0.6) is 0 Å². The van der Waals surface area contributed by atoms with E-state index in [0.717, 1.165) is 45.1 Å². The first-order valence-corrected chi connectivity index (χ1v) is 7.13. The molecule has 0 atom stereocenters. The van der Waals surface area contributed by atoms with Crippen molar-refractivity contribution in [2.24, 2.45) is 4.99 Å². The van der Waals surface area contributed by atoms with Crippen LogP contribution in [0.1, 0.15) is 53.9 Å². The van der Waals surface area contributed by atoms with Crippen molar-refractivity contribution < 1.29 is 4.74 Å². The van der Waals surface area contributed by atoms with E-state index in [4.69, 9.17) is 4.74 Å². The van der Waals surface area contributed by atoms with Crippen molar-refractivity contribution >= 4 is 5.96 Å². The molecule has 4 nitrogen and oxygen atoms in total. The molecule has 0 saturated heterocycles. The van der Waals surface area contributed by atoms with E-state index in [1.54, 1.807) is 0 Å². The number of hydrogen-bond acceptors (Lipinski definition) is 2. The van der Waals surface area contributed by atoms with E-state index < -0.39 is 0 Å². The van der Waals surface area contributed by atoms with Gasteiger partial charge in [0.05, 0.1) is 0 Å². The quantitative estimate of drug-likeness (QED) is 0.399. The fourth-order valence-electron chi connectivity index (χ4n) is 1.37. The molecule has 2 N–H and O–H groups in total. The van der Waals surface area contributed by atoms with Gasteiger partial charge in [0.25, 0.3) is 0 Å². The molecule has 0 aromatic rings. The topological polar surface area (TPSA) is 45.6 Å². The Hall–Kier alpha value is -0.770. The number of rotatable bonds is 8. The minimum atomic E-state index is 0.0403. The predicted molar refractivity (Wildman–Crippen MR) is 79.2 cm³/mol. The third-order valence-corrected chi connectivity index (χ3v) is 2.20. The summed E-state index contributed by atoms with van der Waals surface area (Å²) in [6, 6.07) is 0. The van der Waals surface area contributed by atoms with Crippen LogP contribution in [0.15, 0.2) is 4.99 Å². The highest BCUT2D eigenvalue weighted by Gasteiger charge is 2.11. The van der Waals surface area contributed by atoms with E-state index in [9.17, 15) is 0 Å². The predicted octanol–water partition coefficient (Wildman–Crippen LogP) is 2.55. The fourth-order valence-corrected chi connectivity index (χ4v) is 1.37. The molecule has 108 valence electrons. The maximum Gasteiger partial charge on any atom is 0.191 e. The molecule has 18 heavy (non-hydrogen) atoms. The van der Waals surface area contributed by atoms with Crippen LogP contribution >= 0.6 is 0 Å². The lowest BCUT2D eigenvalue weighted by atomic mass is 10.1. The van der Waals surface area contributed by atoms with Crippen LogP contribution in [0, 0.1) is 0 Å². The molecule has 0 aliphatic rings. The van der Waals surface area contributed by atoms with E-state index in [1.165, 1.54) is 6.42 Å². The summed E-state index contributed by atoms with van der Waals surface area (Å²) < 4.78 is 5.51. The highest BCUT2D eigenvalue weighted by atomic mass is 16.5. The van der Waals surface area contributed by atoms with Crippen molar-refractivity contribution in [1.82, 2.24) is 10.6 Å². The average molecular weight is 257 g/mol. The van der Waals surface area contributed by atoms with Crippen molar-refractivity contribution in [2.45, 2.75) is 59.4 Å². The number of hydrogen-bond donors (Lipinski definition) is 2. The highest BCUT2D eigenvalue weighted by Crippen LogP contribution is 1.98. The van der Waals surface area contributed by atoms with E-state index in [1.807, 2.05) is 0 Å². The van der Waals surface area contributed by atoms with Crippen molar-refractivity contribution in [3.05, 3.63) is 0 Å². The minimum absolute atomic E-state index is 0.0403. The Morgan fingerprint density at radius 1 is 1.11 bits per heavy atom. The van der Waals surface area contributed by atoms with Gasteiger partial charge in [-0.05, 0) is 40.5 Å². The summed E-state index contributed by atoms with van der Waals surface area (Å²) in [7, 11) is 0. The molecular weight excluding hydrogens is 226 g/mol. The Bertz CT molecular complexity index is 222. The number of aliphatic imine (C=N–C) groups is 1. The number of guanidine groups is 1. The van der Waals surface area contributed by atoms with E-state index in [-0.39, 0.29) is 5.54 Å². The van der Waals surface area contributed by atoms with Gasteiger partial charge in [0.15, 0.2) is 5.96 Å². The second-order valence-electron chi connectivity index (χ2n) is 5.46. The Balaban J connectivity index is 3.80. The number of unbranched alkanes of at least 4 members (excludes halogenated alkanes) is 1. The molecule has 0 aromatic heterocycles. The molecule has 0 aliphatic heterocycles. The van der Waals surface area contributed by atoms with Crippen LogP contribution in [-0.4, -0.2) is 37.8 Å². The van der Waals surface area contributed by atoms with Gasteiger partial charge in [0, 0.05) is 31.8 Å². The molecule has 0 amide bonds. The monoisotopic (exact) mass is 257 g/mol. The summed E-state index contributed by atoms with van der Waals surface area (Å²) >= 11 is 0. The second-order valence-corrected chi connectivity index (χ2v) is 5.46. The fraction of sp³-hybridized carbons (Fsp3) is 0.929. The molecule has 0 heterocycles. The summed E-state index contributed by atoms with van der Waals surface area (Å²) in [6.45, 7) is 14.0. The highest BCUT2D eigenvalue weighted by molar-refractivity contribution is 5.80. The van der Waals surface area contributed by atoms with Crippen LogP contribution in [0.2, 0.25) is 0 Å². The first-order valence-electron chi connectivity index (χ1n) is 7.13. The van der Waals surface area contributed by atoms with Gasteiger partial charge in [-0.15, -0.1) is 0 Å². The summed E-state index contributed by atoms with van der Waals surface area (Å²) in [5.74, 6) is 0.888. The normalized spacial score (nSPS) is 12.6. The number of ether oxygens (including phenoxy) is 1. The molecule has 0 spiro atoms. The molecule has 0 saturated carbocycles. The summed E-state index contributed by atoms with van der Waals surface area (Å²) in [5, 5.41) is 6.61. The Labute approximate surface area is 113 Å². The summed E-state index contributed by atoms with van der Waals surface area (Å²) in [4.78, 5) is 4.53. The molecule has 0 aromatic carbocycles. The maximum absolute atomic E-state index is 5.51. The van der Waals surface area contributed by atoms with Gasteiger partial charge in [0.1, 0.15) is 0 Å². The summed E-state index contributed by atoms with van der Waals surface area (Å²) in [5.41, 5.74) is 0.0403. The first kappa shape index (κ1) is 17.2. The maximum atomic E-state index is 5.51. The van der Waals surface area contributed by atoms with Crippen LogP contribution < -0.4 is 10.6 Å². The summed E-state index contributed by atoms with van der Waals surface area (Å²) in [6.07, 6.45) is 3.32. The zero-order chi connectivity index (χ0) is 13.9. The minimum Gasteiger partial charge on any atom is -0.381 e. The molecular formula is C14H31N3O. The standard InChI is InChI=1S/C14H31N3O/c1-6-8-11-18-12-9-10-16-13(15-7-2)17-14(3,4)5/h6-12H2,1-5H3,(H2,15,16,17). The third kappa shape index (κ3) is 11.7. The molecule has 0 unspecified atom stereocenters. The number of nitrogens with zero attached hydrogens (tertiary/aromatic N) is 1. The van der Waals surface area contributed by atoms with Crippen LogP contribution in [0.25, 0.3) is 0 Å². The zero-order valence-corrected chi connectivity index (χ0v) is 12.8. The van der Waals surface area contributed by atoms with Crippen LogP contribution in [0.3, 0.4) is 0 Å². The first-order chi connectivity index (χ1) is 8.49. The van der Waals surface area contributed by atoms with E-state index >= 15 is 0 Å². The zero-order valence-electron chi connectivity index (χ0n) is 12.8. The van der Waals surface area contributed by atoms with Gasteiger partial charge in [-0.1, -0.05) is 13.3 Å². The van der Waals surface area contributed by atoms with Gasteiger partial charge < -0.3 is 15.4 Å². The largest absolute Gasteiger partial charge is 0.381 e. The number of nitrogens with one attached hydrogen (secondary N) is 2. The van der Waals surface area contributed by atoms with Crippen molar-refractivity contribution in [3.63, 3.8) is 0 Å². The SMILES string of the molecule is CCCCOCCCN=C(NCC)NC(C)(C)C. The molecule has 0 bridgehead atoms. The van der Waals surface area contributed by atoms with Gasteiger partial charge in [0.2, 0.25) is 0 Å². The van der Waals surface area contributed by atoms with Gasteiger partial charge in [-0.2, -0.15) is 0 Å². The van der Waals surface area contributed by atoms with Gasteiger partial charge in [-0.3, -0.25) is 4.99 Å². The molecule has 0 fully saturated rings. The lowest BCUT2D eigenvalue weighted by Crippen LogP contribution is -2.47. The van der Waals surface area contributed by atoms with E-state index in [2.05, 4.69) is 50.2 Å². The Morgan fingerprint density at radius 3 is 2.33 bits per heavy atom. The Morgan fingerprint density at radius 2 is 1.78 bits per heavy atom. The molecule has 0 radical (unpaired) electrons. The van der Waals surface area contributed by atoms with E-state index in [0.29, 0.717) is 0 Å². The molecule has 0 aliphatic carbocycles. The van der Waals surface area contributed by atoms with Crippen LogP contribution in [0.4, 0.5) is 0 Å². The van der Waals surface area contributed by atoms with Crippen molar-refractivity contribution in [3.8, 4) is 0 Å². The van der Waals surface area contributed by atoms with Gasteiger partial charge >= 0.3 is 0 Å². The lowest BCUT2D eigenvalue weighted by Gasteiger charge is -2.23. The average Bonchev–Trinajstić information content (AvgIpc) is 2.26. The van der Waals surface area contributed by atoms with Crippen LogP contribution in [-0.2, 0) is 4.74 Å². The lowest BCUT2D eigenvalue weighted by molar-refractivity contribution is 0.130. The van der Waals surface area contributed by atoms with Gasteiger partial charge in [-0.25, -0.2) is 0 Å². The third-order valence-electron chi connectivity index (χ3n) is 2.20.